The number of anilines is 1. The molecule has 3 aromatic rings. The quantitative estimate of drug-likeness (QED) is 0.401. The van der Waals surface area contributed by atoms with Crippen molar-refractivity contribution in [2.45, 2.75) is 13.1 Å². The second-order valence-electron chi connectivity index (χ2n) is 8.75. The van der Waals surface area contributed by atoms with Crippen LogP contribution in [0.4, 0.5) is 10.1 Å². The average molecular weight is 545 g/mol. The van der Waals surface area contributed by atoms with E-state index in [0.29, 0.717) is 27.7 Å². The Hall–Kier alpha value is -3.56. The lowest BCUT2D eigenvalue weighted by atomic mass is 10.0. The van der Waals surface area contributed by atoms with Gasteiger partial charge in [0.25, 0.3) is 11.8 Å². The number of halogens is 1. The van der Waals surface area contributed by atoms with E-state index in [1.165, 1.54) is 35.2 Å². The zero-order valence-electron chi connectivity index (χ0n) is 20.8. The van der Waals surface area contributed by atoms with Crippen LogP contribution in [0, 0.1) is 5.82 Å². The fraction of sp³-hybridized carbons (Fsp3) is 0.240. The van der Waals surface area contributed by atoms with Crippen molar-refractivity contribution < 1.29 is 26.9 Å². The number of benzene rings is 2. The third-order valence-electron chi connectivity index (χ3n) is 6.07. The van der Waals surface area contributed by atoms with E-state index in [2.05, 4.69) is 11.6 Å². The number of carbonyl (C=O) groups excluding carboxylic acids is 2. The van der Waals surface area contributed by atoms with Gasteiger partial charge in [-0.3, -0.25) is 18.9 Å². The number of hydrogen-bond acceptors (Lipinski definition) is 6. The van der Waals surface area contributed by atoms with Crippen molar-refractivity contribution in [3.05, 3.63) is 77.0 Å². The summed E-state index contributed by atoms with van der Waals surface area (Å²) in [6, 6.07) is 7.26. The van der Waals surface area contributed by atoms with Crippen LogP contribution in [0.5, 0.6) is 5.75 Å². The normalized spacial score (nSPS) is 13.3. The Morgan fingerprint density at radius 3 is 2.68 bits per heavy atom. The summed E-state index contributed by atoms with van der Waals surface area (Å²) in [4.78, 5) is 33.7. The van der Waals surface area contributed by atoms with E-state index >= 15 is 0 Å². The van der Waals surface area contributed by atoms with E-state index in [1.807, 2.05) is 0 Å². The molecule has 0 N–H and O–H groups in total. The van der Waals surface area contributed by atoms with Gasteiger partial charge in [-0.2, -0.15) is 0 Å². The van der Waals surface area contributed by atoms with Crippen molar-refractivity contribution in [2.75, 3.05) is 31.7 Å². The molecule has 1 unspecified atom stereocenters. The highest BCUT2D eigenvalue weighted by Crippen LogP contribution is 2.46. The Morgan fingerprint density at radius 1 is 1.30 bits per heavy atom. The predicted octanol–water partition coefficient (Wildman–Crippen LogP) is 3.74. The van der Waals surface area contributed by atoms with Gasteiger partial charge in [0.15, 0.2) is 5.75 Å². The summed E-state index contributed by atoms with van der Waals surface area (Å²) in [5.41, 5.74) is 1.94. The number of aromatic nitrogens is 1. The number of hydrogen-bond donors (Lipinski definition) is 0. The Balaban J connectivity index is 1.90. The van der Waals surface area contributed by atoms with Crippen molar-refractivity contribution >= 4 is 47.2 Å². The highest BCUT2D eigenvalue weighted by atomic mass is 32.2. The predicted molar refractivity (Wildman–Crippen MR) is 142 cm³/mol. The lowest BCUT2D eigenvalue weighted by molar-refractivity contribution is 0.0756. The number of sulfonamides is 1. The molecule has 1 aromatic heterocycles. The van der Waals surface area contributed by atoms with Crippen LogP contribution in [0.25, 0.3) is 10.9 Å². The van der Waals surface area contributed by atoms with Gasteiger partial charge in [0.1, 0.15) is 11.3 Å². The van der Waals surface area contributed by atoms with Gasteiger partial charge in [0.2, 0.25) is 10.0 Å². The zero-order chi connectivity index (χ0) is 27.1. The van der Waals surface area contributed by atoms with Crippen LogP contribution in [0.3, 0.4) is 0 Å². The lowest BCUT2D eigenvalue weighted by Gasteiger charge is -2.23. The molecular weight excluding hydrogens is 518 g/mol. The molecule has 0 radical (unpaired) electrons. The van der Waals surface area contributed by atoms with E-state index in [1.54, 1.807) is 32.0 Å². The summed E-state index contributed by atoms with van der Waals surface area (Å²) in [5, 5.41) is 0.512. The first kappa shape index (κ1) is 26.5. The molecule has 1 aliphatic heterocycles. The van der Waals surface area contributed by atoms with Crippen molar-refractivity contribution in [1.82, 2.24) is 14.8 Å². The minimum absolute atomic E-state index is 0.00229. The molecule has 12 heteroatoms. The van der Waals surface area contributed by atoms with Crippen LogP contribution < -0.4 is 8.83 Å². The maximum Gasteiger partial charge on any atom is 0.258 e. The molecule has 9 nitrogen and oxygen atoms in total. The molecule has 0 fully saturated rings. The molecule has 37 heavy (non-hydrogen) atoms. The summed E-state index contributed by atoms with van der Waals surface area (Å²) in [7, 11) is 0.678. The Labute approximate surface area is 216 Å². The third kappa shape index (κ3) is 4.89. The van der Waals surface area contributed by atoms with Gasteiger partial charge in [-0.1, -0.05) is 12.6 Å². The number of nitrogens with zero attached hydrogens (tertiary/aromatic N) is 4. The van der Waals surface area contributed by atoms with Crippen molar-refractivity contribution in [1.29, 1.82) is 0 Å². The molecule has 2 aromatic carbocycles. The first-order valence-electron chi connectivity index (χ1n) is 11.2. The molecule has 2 amide bonds. The lowest BCUT2D eigenvalue weighted by Crippen LogP contribution is -2.28. The van der Waals surface area contributed by atoms with Crippen LogP contribution in [0.15, 0.2) is 48.9 Å². The van der Waals surface area contributed by atoms with Crippen molar-refractivity contribution in [2.24, 2.45) is 0 Å². The largest absolute Gasteiger partial charge is 0.470 e. The number of fused-ring (bicyclic) bond motifs is 2. The molecule has 1 aliphatic rings. The maximum absolute atomic E-state index is 14.0. The number of pyridine rings is 1. The molecule has 194 valence electrons. The van der Waals surface area contributed by atoms with Crippen LogP contribution >= 0.6 is 8.81 Å². The van der Waals surface area contributed by atoms with E-state index in [0.717, 1.165) is 16.6 Å². The SMILES string of the molecule is C=CPOc1c2c(c(N(C)S(C)(=O)=O)c3cccnc13)CN(Cc1ccc(F)cc1C(=O)N(C)C)C2=O. The smallest absolute Gasteiger partial charge is 0.258 e. The first-order valence-corrected chi connectivity index (χ1v) is 14.0. The fourth-order valence-electron chi connectivity index (χ4n) is 4.30. The fourth-order valence-corrected chi connectivity index (χ4v) is 5.24. The molecule has 0 saturated carbocycles. The number of carbonyl (C=O) groups is 2. The average Bonchev–Trinajstić information content (AvgIpc) is 3.16. The molecule has 0 bridgehead atoms. The van der Waals surface area contributed by atoms with E-state index in [4.69, 9.17) is 4.52 Å². The van der Waals surface area contributed by atoms with E-state index in [9.17, 15) is 22.4 Å². The molecule has 1 atom stereocenters. The first-order chi connectivity index (χ1) is 17.5. The van der Waals surface area contributed by atoms with E-state index < -0.39 is 27.7 Å². The monoisotopic (exact) mass is 544 g/mol. The second-order valence-corrected chi connectivity index (χ2v) is 11.6. The summed E-state index contributed by atoms with van der Waals surface area (Å²) in [6.07, 6.45) is 2.62. The topological polar surface area (TPSA) is 100 Å². The molecule has 0 aliphatic carbocycles. The Bertz CT molecular complexity index is 1540. The third-order valence-corrected chi connectivity index (χ3v) is 7.74. The Kier molecular flexibility index (Phi) is 7.21. The van der Waals surface area contributed by atoms with Gasteiger partial charge in [0.05, 0.1) is 26.3 Å². The van der Waals surface area contributed by atoms with Gasteiger partial charge in [-0.15, -0.1) is 0 Å². The van der Waals surface area contributed by atoms with Crippen molar-refractivity contribution in [3.8, 4) is 5.75 Å². The summed E-state index contributed by atoms with van der Waals surface area (Å²) in [5.74, 6) is 0.419. The molecule has 2 heterocycles. The van der Waals surface area contributed by atoms with Crippen LogP contribution in [0.1, 0.15) is 31.8 Å². The van der Waals surface area contributed by atoms with Crippen LogP contribution in [-0.2, 0) is 23.1 Å². The minimum atomic E-state index is -3.70. The van der Waals surface area contributed by atoms with Crippen molar-refractivity contribution in [3.63, 3.8) is 0 Å². The summed E-state index contributed by atoms with van der Waals surface area (Å²) >= 11 is 0. The molecule has 0 spiro atoms. The highest BCUT2D eigenvalue weighted by Gasteiger charge is 2.38. The standard InChI is InChI=1S/C25H26FN4O5PS/c1-6-36-35-23-20-19(22(29(4)37(5,33)34)17-8-7-11-27-21(17)23)14-30(25(20)32)13-15-9-10-16(26)12-18(15)24(31)28(2)3/h6-12,36H,1,13-14H2,2-5H3. The van der Waals surface area contributed by atoms with Gasteiger partial charge in [-0.05, 0) is 35.6 Å². The molecule has 4 rings (SSSR count). The van der Waals surface area contributed by atoms with Crippen LogP contribution in [-0.4, -0.2) is 62.4 Å². The number of amides is 2. The van der Waals surface area contributed by atoms with Gasteiger partial charge in [0, 0.05) is 56.9 Å². The number of rotatable bonds is 8. The van der Waals surface area contributed by atoms with Crippen LogP contribution in [0.2, 0.25) is 0 Å². The molecular formula is C25H26FN4O5PS. The molecule has 0 saturated heterocycles. The second kappa shape index (κ2) is 10.1. The summed E-state index contributed by atoms with van der Waals surface area (Å²) < 4.78 is 46.3. The van der Waals surface area contributed by atoms with Gasteiger partial charge >= 0.3 is 0 Å². The van der Waals surface area contributed by atoms with Gasteiger partial charge in [-0.25, -0.2) is 12.8 Å². The Morgan fingerprint density at radius 2 is 2.03 bits per heavy atom. The zero-order valence-corrected chi connectivity index (χ0v) is 22.6. The highest BCUT2D eigenvalue weighted by molar-refractivity contribution is 7.92. The van der Waals surface area contributed by atoms with E-state index in [-0.39, 0.29) is 38.8 Å². The maximum atomic E-state index is 14.0. The van der Waals surface area contributed by atoms with Gasteiger partial charge < -0.3 is 14.3 Å². The minimum Gasteiger partial charge on any atom is -0.470 e. The summed E-state index contributed by atoms with van der Waals surface area (Å²) in [6.45, 7) is 3.73.